The number of hydrogen-bond donors (Lipinski definition) is 2. The summed E-state index contributed by atoms with van der Waals surface area (Å²) in [5.74, 6) is -0.329. The monoisotopic (exact) mass is 393 g/mol. The van der Waals surface area contributed by atoms with Gasteiger partial charge in [0, 0.05) is 24.8 Å². The van der Waals surface area contributed by atoms with Crippen LogP contribution in [0.4, 0.5) is 11.5 Å². The molecule has 0 saturated carbocycles. The van der Waals surface area contributed by atoms with E-state index in [1.165, 1.54) is 27.8 Å². The molecular formula is C18H24ClN5O3. The van der Waals surface area contributed by atoms with E-state index in [0.717, 1.165) is 6.42 Å². The van der Waals surface area contributed by atoms with E-state index >= 15 is 0 Å². The molecule has 0 atom stereocenters. The minimum atomic E-state index is -0.692. The van der Waals surface area contributed by atoms with Crippen LogP contribution in [0.5, 0.6) is 0 Å². The van der Waals surface area contributed by atoms with E-state index in [0.29, 0.717) is 13.0 Å². The van der Waals surface area contributed by atoms with Crippen LogP contribution < -0.4 is 21.9 Å². The van der Waals surface area contributed by atoms with Crippen LogP contribution >= 0.6 is 11.6 Å². The van der Waals surface area contributed by atoms with Crippen molar-refractivity contribution >= 4 is 29.0 Å². The van der Waals surface area contributed by atoms with Gasteiger partial charge in [-0.25, -0.2) is 9.78 Å². The van der Waals surface area contributed by atoms with Gasteiger partial charge in [-0.3, -0.25) is 19.1 Å². The number of nitrogens with two attached hydrogens (primary N) is 1. The highest BCUT2D eigenvalue weighted by Gasteiger charge is 2.25. The fourth-order valence-electron chi connectivity index (χ4n) is 2.71. The smallest absolute Gasteiger partial charge is 0.330 e. The number of H-pyrrole nitrogens is 1. The number of pyridine rings is 1. The van der Waals surface area contributed by atoms with Crippen molar-refractivity contribution in [2.45, 2.75) is 40.2 Å². The molecule has 2 heterocycles. The Morgan fingerprint density at radius 3 is 2.70 bits per heavy atom. The second kappa shape index (κ2) is 8.85. The number of aromatic amines is 1. The molecule has 0 aliphatic carbocycles. The Kier molecular flexibility index (Phi) is 6.79. The molecule has 0 aliphatic heterocycles. The number of unbranched alkanes of at least 4 members (excludes halogenated alkanes) is 1. The van der Waals surface area contributed by atoms with Crippen LogP contribution in [-0.2, 0) is 6.54 Å². The number of hydrogen-bond acceptors (Lipinski definition) is 5. The predicted octanol–water partition coefficient (Wildman–Crippen LogP) is 2.27. The number of anilines is 2. The molecule has 0 spiro atoms. The molecule has 9 heteroatoms. The van der Waals surface area contributed by atoms with Crippen LogP contribution in [0, 0.1) is 5.92 Å². The first kappa shape index (κ1) is 20.7. The second-order valence-corrected chi connectivity index (χ2v) is 7.06. The fourth-order valence-corrected chi connectivity index (χ4v) is 2.88. The minimum absolute atomic E-state index is 0.0259. The summed E-state index contributed by atoms with van der Waals surface area (Å²) >= 11 is 5.89. The van der Waals surface area contributed by atoms with Crippen LogP contribution in [0.2, 0.25) is 5.15 Å². The standard InChI is InChI=1S/C18H24ClN5O3/c1-4-5-8-23(17(26)12-6-7-21-13(19)9-12)14-15(20)24(10-11(2)3)18(27)22-16(14)25/h6-7,9,11H,4-5,8,10,20H2,1-3H3,(H,22,25,27). The van der Waals surface area contributed by atoms with E-state index in [4.69, 9.17) is 17.3 Å². The number of halogens is 1. The molecule has 0 aromatic carbocycles. The van der Waals surface area contributed by atoms with Gasteiger partial charge in [-0.1, -0.05) is 38.8 Å². The summed E-state index contributed by atoms with van der Waals surface area (Å²) in [5, 5.41) is 0.169. The average molecular weight is 394 g/mol. The number of nitrogens with one attached hydrogen (secondary N) is 1. The van der Waals surface area contributed by atoms with E-state index in [-0.39, 0.29) is 34.7 Å². The van der Waals surface area contributed by atoms with Crippen molar-refractivity contribution in [2.75, 3.05) is 17.2 Å². The van der Waals surface area contributed by atoms with Gasteiger partial charge >= 0.3 is 5.69 Å². The molecule has 0 bridgehead atoms. The van der Waals surface area contributed by atoms with E-state index in [9.17, 15) is 14.4 Å². The van der Waals surface area contributed by atoms with Crippen LogP contribution in [0.25, 0.3) is 0 Å². The molecule has 0 saturated heterocycles. The number of rotatable bonds is 7. The van der Waals surface area contributed by atoms with Gasteiger partial charge in [0.1, 0.15) is 11.0 Å². The SMILES string of the molecule is CCCCN(C(=O)c1ccnc(Cl)c1)c1c(N)n(CC(C)C)c(=O)[nH]c1=O. The molecule has 3 N–H and O–H groups in total. The van der Waals surface area contributed by atoms with Crippen LogP contribution in [0.1, 0.15) is 44.0 Å². The third-order valence-corrected chi connectivity index (χ3v) is 4.19. The number of aromatic nitrogens is 3. The Labute approximate surface area is 162 Å². The highest BCUT2D eigenvalue weighted by Crippen LogP contribution is 2.21. The molecule has 0 aliphatic rings. The average Bonchev–Trinajstić information content (AvgIpc) is 2.60. The van der Waals surface area contributed by atoms with Gasteiger partial charge in [-0.05, 0) is 24.5 Å². The first-order valence-electron chi connectivity index (χ1n) is 8.82. The third-order valence-electron chi connectivity index (χ3n) is 3.99. The van der Waals surface area contributed by atoms with Gasteiger partial charge < -0.3 is 10.6 Å². The summed E-state index contributed by atoms with van der Waals surface area (Å²) in [4.78, 5) is 45.2. The lowest BCUT2D eigenvalue weighted by Crippen LogP contribution is -2.42. The lowest BCUT2D eigenvalue weighted by atomic mass is 10.2. The lowest BCUT2D eigenvalue weighted by Gasteiger charge is -2.25. The Hall–Kier alpha value is -2.61. The van der Waals surface area contributed by atoms with Crippen molar-refractivity contribution in [2.24, 2.45) is 5.92 Å². The first-order chi connectivity index (χ1) is 12.8. The first-order valence-corrected chi connectivity index (χ1v) is 9.20. The van der Waals surface area contributed by atoms with Crippen LogP contribution in [0.15, 0.2) is 27.9 Å². The number of nitrogens with zero attached hydrogens (tertiary/aromatic N) is 3. The molecule has 146 valence electrons. The molecule has 0 radical (unpaired) electrons. The Morgan fingerprint density at radius 1 is 1.41 bits per heavy atom. The van der Waals surface area contributed by atoms with Crippen molar-refractivity contribution in [3.63, 3.8) is 0 Å². The zero-order valence-electron chi connectivity index (χ0n) is 15.7. The zero-order valence-corrected chi connectivity index (χ0v) is 16.4. The Morgan fingerprint density at radius 2 is 2.11 bits per heavy atom. The molecular weight excluding hydrogens is 370 g/mol. The maximum atomic E-state index is 13.1. The molecule has 2 aromatic heterocycles. The van der Waals surface area contributed by atoms with Crippen molar-refractivity contribution in [3.05, 3.63) is 49.9 Å². The van der Waals surface area contributed by atoms with E-state index < -0.39 is 17.2 Å². The topological polar surface area (TPSA) is 114 Å². The molecule has 0 unspecified atom stereocenters. The fraction of sp³-hybridized carbons (Fsp3) is 0.444. The highest BCUT2D eigenvalue weighted by molar-refractivity contribution is 6.29. The van der Waals surface area contributed by atoms with Gasteiger partial charge in [0.25, 0.3) is 11.5 Å². The van der Waals surface area contributed by atoms with Gasteiger partial charge in [-0.15, -0.1) is 0 Å². The number of amides is 1. The van der Waals surface area contributed by atoms with Gasteiger partial charge in [-0.2, -0.15) is 0 Å². The summed E-state index contributed by atoms with van der Waals surface area (Å²) in [6.45, 7) is 6.43. The predicted molar refractivity (Wildman–Crippen MR) is 106 cm³/mol. The molecule has 1 amide bonds. The second-order valence-electron chi connectivity index (χ2n) is 6.68. The summed E-state index contributed by atoms with van der Waals surface area (Å²) in [7, 11) is 0. The normalized spacial score (nSPS) is 11.0. The maximum Gasteiger partial charge on any atom is 0.330 e. The van der Waals surface area contributed by atoms with Gasteiger partial charge in [0.2, 0.25) is 0 Å². The minimum Gasteiger partial charge on any atom is -0.383 e. The molecule has 27 heavy (non-hydrogen) atoms. The number of carbonyl (C=O) groups is 1. The zero-order chi connectivity index (χ0) is 20.1. The van der Waals surface area contributed by atoms with E-state index in [1.807, 2.05) is 20.8 Å². The largest absolute Gasteiger partial charge is 0.383 e. The summed E-state index contributed by atoms with van der Waals surface area (Å²) in [6, 6.07) is 2.94. The van der Waals surface area contributed by atoms with Crippen molar-refractivity contribution in [3.8, 4) is 0 Å². The van der Waals surface area contributed by atoms with Crippen molar-refractivity contribution in [1.82, 2.24) is 14.5 Å². The maximum absolute atomic E-state index is 13.1. The third kappa shape index (κ3) is 4.77. The van der Waals surface area contributed by atoms with Gasteiger partial charge in [0.05, 0.1) is 0 Å². The molecule has 8 nitrogen and oxygen atoms in total. The van der Waals surface area contributed by atoms with Gasteiger partial charge in [0.15, 0.2) is 5.69 Å². The number of carbonyl (C=O) groups excluding carboxylic acids is 1. The van der Waals surface area contributed by atoms with Crippen LogP contribution in [0.3, 0.4) is 0 Å². The summed E-state index contributed by atoms with van der Waals surface area (Å²) in [5.41, 5.74) is 5.13. The molecule has 2 aromatic rings. The van der Waals surface area contributed by atoms with E-state index in [2.05, 4.69) is 9.97 Å². The Bertz CT molecular complexity index is 935. The van der Waals surface area contributed by atoms with Crippen LogP contribution in [-0.4, -0.2) is 27.0 Å². The lowest BCUT2D eigenvalue weighted by molar-refractivity contribution is 0.0986. The quantitative estimate of drug-likeness (QED) is 0.700. The van der Waals surface area contributed by atoms with Crippen molar-refractivity contribution in [1.29, 1.82) is 0 Å². The Balaban J connectivity index is 2.61. The van der Waals surface area contributed by atoms with E-state index in [1.54, 1.807) is 0 Å². The molecule has 2 rings (SSSR count). The summed E-state index contributed by atoms with van der Waals surface area (Å²) in [6.07, 6.45) is 2.89. The highest BCUT2D eigenvalue weighted by atomic mass is 35.5. The van der Waals surface area contributed by atoms with Crippen molar-refractivity contribution < 1.29 is 4.79 Å². The summed E-state index contributed by atoms with van der Waals surface area (Å²) < 4.78 is 1.28. The number of nitrogen functional groups attached to an aromatic ring is 1. The molecule has 0 fully saturated rings.